The summed E-state index contributed by atoms with van der Waals surface area (Å²) in [5.41, 5.74) is 0. The highest BCUT2D eigenvalue weighted by Gasteiger charge is 2.48. The molecule has 2 nitrogen and oxygen atoms in total. The first-order valence-corrected chi connectivity index (χ1v) is 11.4. The molecular formula is C26H25BrO2P+. The molecule has 0 fully saturated rings. The Morgan fingerprint density at radius 1 is 0.467 bits per heavy atom. The van der Waals surface area contributed by atoms with Crippen molar-refractivity contribution < 1.29 is 9.47 Å². The molecule has 0 bridgehead atoms. The number of rotatable bonds is 6. The molecule has 4 aromatic rings. The van der Waals surface area contributed by atoms with Crippen molar-refractivity contribution in [2.45, 2.75) is 0 Å². The minimum absolute atomic E-state index is 0. The van der Waals surface area contributed by atoms with E-state index in [0.717, 1.165) is 11.5 Å². The molecule has 0 spiro atoms. The lowest BCUT2D eigenvalue weighted by Gasteiger charge is -2.28. The first-order valence-electron chi connectivity index (χ1n) is 9.59. The van der Waals surface area contributed by atoms with Gasteiger partial charge in [0.1, 0.15) is 28.5 Å². The second-order valence-corrected chi connectivity index (χ2v) is 10.1. The highest BCUT2D eigenvalue weighted by atomic mass is 79.9. The zero-order valence-electron chi connectivity index (χ0n) is 17.1. The van der Waals surface area contributed by atoms with Crippen molar-refractivity contribution in [2.24, 2.45) is 0 Å². The van der Waals surface area contributed by atoms with E-state index in [2.05, 4.69) is 103 Å². The Balaban J connectivity index is 0.00000256. The highest BCUT2D eigenvalue weighted by molar-refractivity contribution is 8.93. The first-order chi connectivity index (χ1) is 14.3. The molecule has 0 unspecified atom stereocenters. The van der Waals surface area contributed by atoms with Gasteiger partial charge in [-0.1, -0.05) is 54.6 Å². The molecule has 0 radical (unpaired) electrons. The lowest BCUT2D eigenvalue weighted by Crippen LogP contribution is -2.38. The van der Waals surface area contributed by atoms with E-state index in [1.165, 1.54) is 21.2 Å². The van der Waals surface area contributed by atoms with Gasteiger partial charge in [0.2, 0.25) is 0 Å². The molecule has 30 heavy (non-hydrogen) atoms. The van der Waals surface area contributed by atoms with Crippen molar-refractivity contribution in [2.75, 3.05) is 14.2 Å². The summed E-state index contributed by atoms with van der Waals surface area (Å²) in [6.45, 7) is 0. The molecule has 4 aromatic carbocycles. The Morgan fingerprint density at radius 2 is 0.867 bits per heavy atom. The Hall–Kier alpha value is -2.61. The van der Waals surface area contributed by atoms with Gasteiger partial charge in [-0.05, 0) is 48.5 Å². The van der Waals surface area contributed by atoms with Crippen LogP contribution >= 0.6 is 24.2 Å². The van der Waals surface area contributed by atoms with Gasteiger partial charge >= 0.3 is 0 Å². The summed E-state index contributed by atoms with van der Waals surface area (Å²) in [5.74, 6) is 1.49. The minimum Gasteiger partial charge on any atom is -0.493 e. The van der Waals surface area contributed by atoms with E-state index < -0.39 is 7.26 Å². The summed E-state index contributed by atoms with van der Waals surface area (Å²) < 4.78 is 11.2. The third-order valence-corrected chi connectivity index (χ3v) is 9.46. The fraction of sp³-hybridized carbons (Fsp3) is 0.0769. The van der Waals surface area contributed by atoms with Crippen LogP contribution in [0, 0.1) is 0 Å². The van der Waals surface area contributed by atoms with Crippen LogP contribution in [0.4, 0.5) is 0 Å². The molecule has 0 heterocycles. The normalized spacial score (nSPS) is 10.7. The molecule has 0 saturated heterocycles. The van der Waals surface area contributed by atoms with Crippen molar-refractivity contribution in [1.82, 2.24) is 0 Å². The Labute approximate surface area is 189 Å². The van der Waals surface area contributed by atoms with Gasteiger partial charge in [-0.3, -0.25) is 0 Å². The Morgan fingerprint density at radius 3 is 1.23 bits per heavy atom. The smallest absolute Gasteiger partial charge is 0.164 e. The maximum atomic E-state index is 5.67. The van der Waals surface area contributed by atoms with E-state index in [1.54, 1.807) is 14.2 Å². The summed E-state index contributed by atoms with van der Waals surface area (Å²) in [7, 11) is 1.25. The number of benzene rings is 4. The fourth-order valence-electron chi connectivity index (χ4n) is 3.88. The van der Waals surface area contributed by atoms with Crippen molar-refractivity contribution >= 4 is 45.5 Å². The van der Waals surface area contributed by atoms with Gasteiger partial charge in [-0.2, -0.15) is 0 Å². The predicted molar refractivity (Wildman–Crippen MR) is 135 cm³/mol. The average molecular weight is 480 g/mol. The van der Waals surface area contributed by atoms with Crippen LogP contribution in [0.25, 0.3) is 0 Å². The van der Waals surface area contributed by atoms with Crippen LogP contribution in [0.15, 0.2) is 109 Å². The topological polar surface area (TPSA) is 18.5 Å². The fourth-order valence-corrected chi connectivity index (χ4v) is 8.14. The van der Waals surface area contributed by atoms with Gasteiger partial charge in [0.05, 0.1) is 14.2 Å². The Bertz CT molecular complexity index is 973. The monoisotopic (exact) mass is 479 g/mol. The van der Waals surface area contributed by atoms with Crippen molar-refractivity contribution in [3.63, 3.8) is 0 Å². The maximum absolute atomic E-state index is 5.67. The number of hydrogen-bond donors (Lipinski definition) is 0. The number of halogens is 1. The Kier molecular flexibility index (Phi) is 7.31. The summed E-state index contributed by atoms with van der Waals surface area (Å²) in [5, 5.41) is 5.16. The van der Waals surface area contributed by atoms with Crippen LogP contribution in [-0.2, 0) is 0 Å². The van der Waals surface area contributed by atoms with Gasteiger partial charge in [-0.15, -0.1) is 17.0 Å². The van der Waals surface area contributed by atoms with Crippen LogP contribution in [-0.4, -0.2) is 14.2 Å². The summed E-state index contributed by atoms with van der Waals surface area (Å²) in [4.78, 5) is 0. The summed E-state index contributed by atoms with van der Waals surface area (Å²) in [6, 6.07) is 38.7. The van der Waals surface area contributed by atoms with Crippen molar-refractivity contribution in [3.8, 4) is 11.5 Å². The van der Waals surface area contributed by atoms with Crippen LogP contribution in [0.5, 0.6) is 11.5 Å². The predicted octanol–water partition coefficient (Wildman–Crippen LogP) is 4.90. The molecule has 0 aliphatic heterocycles. The minimum atomic E-state index is -2.11. The summed E-state index contributed by atoms with van der Waals surface area (Å²) >= 11 is 0. The number of methoxy groups -OCH3 is 2. The van der Waals surface area contributed by atoms with Gasteiger partial charge in [-0.25, -0.2) is 0 Å². The molecule has 0 amide bonds. The second kappa shape index (κ2) is 9.93. The third kappa shape index (κ3) is 3.88. The average Bonchev–Trinajstić information content (AvgIpc) is 2.81. The SMILES string of the molecule is Br.COc1ccc([P+](c2ccccc2)(c2ccccc2)c2ccccc2)cc1OC. The van der Waals surface area contributed by atoms with E-state index in [1.807, 2.05) is 6.07 Å². The van der Waals surface area contributed by atoms with Gasteiger partial charge < -0.3 is 9.47 Å². The van der Waals surface area contributed by atoms with Gasteiger partial charge in [0.25, 0.3) is 0 Å². The van der Waals surface area contributed by atoms with Crippen molar-refractivity contribution in [3.05, 3.63) is 109 Å². The molecular weight excluding hydrogens is 455 g/mol. The number of hydrogen-bond acceptors (Lipinski definition) is 2. The molecule has 0 aliphatic rings. The standard InChI is InChI=1S/C26H24O2P.BrH/c1-27-25-19-18-24(20-26(25)28-2)29(21-12-6-3-7-13-21,22-14-8-4-9-15-22)23-16-10-5-11-17-23;/h3-20H,1-2H3;1H/q+1;. The molecule has 152 valence electrons. The van der Waals surface area contributed by atoms with Crippen LogP contribution in [0.1, 0.15) is 0 Å². The maximum Gasteiger partial charge on any atom is 0.164 e. The van der Waals surface area contributed by atoms with Crippen molar-refractivity contribution in [1.29, 1.82) is 0 Å². The van der Waals surface area contributed by atoms with Crippen LogP contribution in [0.2, 0.25) is 0 Å². The molecule has 0 N–H and O–H groups in total. The molecule has 0 atom stereocenters. The highest BCUT2D eigenvalue weighted by Crippen LogP contribution is 2.55. The quantitative estimate of drug-likeness (QED) is 0.366. The first kappa shape index (κ1) is 22.1. The third-order valence-electron chi connectivity index (χ3n) is 5.18. The van der Waals surface area contributed by atoms with Gasteiger partial charge in [0, 0.05) is 6.07 Å². The molecule has 4 heteroatoms. The largest absolute Gasteiger partial charge is 0.493 e. The molecule has 0 saturated carbocycles. The van der Waals surface area contributed by atoms with E-state index in [0.29, 0.717) is 0 Å². The van der Waals surface area contributed by atoms with E-state index in [9.17, 15) is 0 Å². The molecule has 0 aliphatic carbocycles. The summed E-state index contributed by atoms with van der Waals surface area (Å²) in [6.07, 6.45) is 0. The van der Waals surface area contributed by atoms with E-state index in [-0.39, 0.29) is 17.0 Å². The lowest BCUT2D eigenvalue weighted by atomic mass is 10.3. The van der Waals surface area contributed by atoms with E-state index in [4.69, 9.17) is 9.47 Å². The van der Waals surface area contributed by atoms with Gasteiger partial charge in [0.15, 0.2) is 11.5 Å². The zero-order valence-corrected chi connectivity index (χ0v) is 19.7. The van der Waals surface area contributed by atoms with E-state index >= 15 is 0 Å². The van der Waals surface area contributed by atoms with Crippen LogP contribution < -0.4 is 30.7 Å². The van der Waals surface area contributed by atoms with Crippen LogP contribution in [0.3, 0.4) is 0 Å². The second-order valence-electron chi connectivity index (χ2n) is 6.72. The zero-order chi connectivity index (χ0) is 20.1. The lowest BCUT2D eigenvalue weighted by molar-refractivity contribution is 0.355. The molecule has 4 rings (SSSR count). The molecule has 0 aromatic heterocycles. The number of ether oxygens (including phenoxy) is 2.